The molecule has 1 aliphatic rings. The number of hydrogen-bond donors (Lipinski definition) is 2. The Labute approximate surface area is 135 Å². The summed E-state index contributed by atoms with van der Waals surface area (Å²) in [6.07, 6.45) is 8.23. The highest BCUT2D eigenvalue weighted by atomic mass is 16.1. The van der Waals surface area contributed by atoms with E-state index in [2.05, 4.69) is 11.6 Å². The van der Waals surface area contributed by atoms with Crippen LogP contribution in [0.4, 0.5) is 0 Å². The van der Waals surface area contributed by atoms with E-state index in [0.717, 1.165) is 36.6 Å². The molecule has 0 unspecified atom stereocenters. The summed E-state index contributed by atoms with van der Waals surface area (Å²) in [6.45, 7) is 3.57. The van der Waals surface area contributed by atoms with Crippen molar-refractivity contribution in [3.05, 3.63) is 48.2 Å². The summed E-state index contributed by atoms with van der Waals surface area (Å²) in [4.78, 5) is 26.3. The summed E-state index contributed by atoms with van der Waals surface area (Å²) in [5.74, 6) is 0.560. The van der Waals surface area contributed by atoms with E-state index in [1.54, 1.807) is 0 Å². The fourth-order valence-electron chi connectivity index (χ4n) is 3.87. The summed E-state index contributed by atoms with van der Waals surface area (Å²) in [7, 11) is 0. The zero-order chi connectivity index (χ0) is 16.4. The van der Waals surface area contributed by atoms with Crippen molar-refractivity contribution in [2.24, 2.45) is 11.7 Å². The van der Waals surface area contributed by atoms with Gasteiger partial charge in [-0.1, -0.05) is 19.1 Å². The number of amides is 1. The Balaban J connectivity index is 1.89. The Bertz CT molecular complexity index is 760. The molecule has 2 aromatic rings. The number of primary amides is 1. The van der Waals surface area contributed by atoms with Gasteiger partial charge in [0.25, 0.3) is 5.91 Å². The molecule has 0 aliphatic heterocycles. The number of rotatable bonds is 5. The average Bonchev–Trinajstić information content (AvgIpc) is 3.03. The zero-order valence-corrected chi connectivity index (χ0v) is 13.2. The molecular formula is C19H22N2O2. The highest BCUT2D eigenvalue weighted by molar-refractivity contribution is 6.05. The first-order valence-corrected chi connectivity index (χ1v) is 8.15. The molecule has 1 amide bonds. The number of carbonyl (C=O) groups is 2. The van der Waals surface area contributed by atoms with Gasteiger partial charge in [0.15, 0.2) is 5.78 Å². The summed E-state index contributed by atoms with van der Waals surface area (Å²) in [5, 5.41) is 1.07. The van der Waals surface area contributed by atoms with Crippen molar-refractivity contribution in [3.63, 3.8) is 0 Å². The predicted octanol–water partition coefficient (Wildman–Crippen LogP) is 3.69. The summed E-state index contributed by atoms with van der Waals surface area (Å²) in [6, 6.07) is 5.85. The number of benzene rings is 1. The normalized spacial score (nSPS) is 21.2. The standard InChI is InChI=1S/C19H22N2O2/c1-2-14(22)11-12-4-3-5-13(10-12)15-6-7-17(19(20)23)18-16(15)8-9-21-18/h2,6-9,12-13,21H,1,3-5,10-11H2,(H2,20,23)/t12-,13+/m0/s1. The first kappa shape index (κ1) is 15.5. The molecule has 1 aliphatic carbocycles. The molecule has 0 saturated heterocycles. The number of allylic oxidation sites excluding steroid dienone is 1. The largest absolute Gasteiger partial charge is 0.366 e. The lowest BCUT2D eigenvalue weighted by atomic mass is 9.75. The van der Waals surface area contributed by atoms with E-state index in [4.69, 9.17) is 5.73 Å². The quantitative estimate of drug-likeness (QED) is 0.826. The Hall–Kier alpha value is -2.36. The van der Waals surface area contributed by atoms with Crippen molar-refractivity contribution in [3.8, 4) is 0 Å². The van der Waals surface area contributed by atoms with E-state index < -0.39 is 5.91 Å². The molecule has 4 nitrogen and oxygen atoms in total. The van der Waals surface area contributed by atoms with Crippen LogP contribution >= 0.6 is 0 Å². The Morgan fingerprint density at radius 2 is 2.13 bits per heavy atom. The van der Waals surface area contributed by atoms with Crippen LogP contribution < -0.4 is 5.73 Å². The van der Waals surface area contributed by atoms with Gasteiger partial charge in [-0.25, -0.2) is 0 Å². The van der Waals surface area contributed by atoms with Gasteiger partial charge in [0, 0.05) is 18.0 Å². The Kier molecular flexibility index (Phi) is 4.33. The van der Waals surface area contributed by atoms with Crippen LogP contribution in [0, 0.1) is 5.92 Å². The lowest BCUT2D eigenvalue weighted by Gasteiger charge is -2.29. The van der Waals surface area contributed by atoms with Gasteiger partial charge < -0.3 is 10.7 Å². The highest BCUT2D eigenvalue weighted by Gasteiger charge is 2.26. The lowest BCUT2D eigenvalue weighted by Crippen LogP contribution is -2.17. The molecule has 0 bridgehead atoms. The molecule has 23 heavy (non-hydrogen) atoms. The maximum absolute atomic E-state index is 11.6. The maximum atomic E-state index is 11.6. The number of nitrogens with two attached hydrogens (primary N) is 1. The van der Waals surface area contributed by atoms with Gasteiger partial charge in [0.2, 0.25) is 0 Å². The number of nitrogens with one attached hydrogen (secondary N) is 1. The predicted molar refractivity (Wildman–Crippen MR) is 91.3 cm³/mol. The van der Waals surface area contributed by atoms with Crippen LogP contribution in [0.5, 0.6) is 0 Å². The van der Waals surface area contributed by atoms with E-state index in [1.807, 2.05) is 24.4 Å². The first-order valence-electron chi connectivity index (χ1n) is 8.15. The van der Waals surface area contributed by atoms with Gasteiger partial charge in [0.1, 0.15) is 0 Å². The van der Waals surface area contributed by atoms with E-state index >= 15 is 0 Å². The molecule has 0 spiro atoms. The monoisotopic (exact) mass is 310 g/mol. The van der Waals surface area contributed by atoms with Gasteiger partial charge in [-0.05, 0) is 54.9 Å². The fraction of sp³-hybridized carbons (Fsp3) is 0.368. The van der Waals surface area contributed by atoms with Crippen LogP contribution in [0.3, 0.4) is 0 Å². The molecule has 2 atom stereocenters. The topological polar surface area (TPSA) is 76.0 Å². The second-order valence-corrected chi connectivity index (χ2v) is 6.44. The van der Waals surface area contributed by atoms with Gasteiger partial charge in [-0.15, -0.1) is 0 Å². The third-order valence-corrected chi connectivity index (χ3v) is 4.96. The second kappa shape index (κ2) is 6.41. The molecule has 1 fully saturated rings. The molecule has 1 saturated carbocycles. The molecule has 3 rings (SSSR count). The lowest BCUT2D eigenvalue weighted by molar-refractivity contribution is -0.115. The Morgan fingerprint density at radius 3 is 2.87 bits per heavy atom. The van der Waals surface area contributed by atoms with E-state index in [9.17, 15) is 9.59 Å². The molecule has 0 radical (unpaired) electrons. The number of aromatic nitrogens is 1. The van der Waals surface area contributed by atoms with Crippen LogP contribution in [-0.2, 0) is 4.79 Å². The van der Waals surface area contributed by atoms with E-state index in [1.165, 1.54) is 11.6 Å². The van der Waals surface area contributed by atoms with Gasteiger partial charge in [0.05, 0.1) is 11.1 Å². The number of carbonyl (C=O) groups excluding carboxylic acids is 2. The number of aromatic amines is 1. The van der Waals surface area contributed by atoms with Crippen LogP contribution in [0.25, 0.3) is 10.9 Å². The van der Waals surface area contributed by atoms with Gasteiger partial charge in [-0.3, -0.25) is 9.59 Å². The average molecular weight is 310 g/mol. The minimum absolute atomic E-state index is 0.131. The molecular weight excluding hydrogens is 288 g/mol. The molecule has 120 valence electrons. The molecule has 1 aromatic heterocycles. The van der Waals surface area contributed by atoms with Crippen molar-refractivity contribution < 1.29 is 9.59 Å². The SMILES string of the molecule is C=CC(=O)C[C@H]1CCC[C@@H](c2ccc(C(N)=O)c3[nH]ccc23)C1. The fourth-order valence-corrected chi connectivity index (χ4v) is 3.87. The molecule has 4 heteroatoms. The third kappa shape index (κ3) is 3.07. The van der Waals surface area contributed by atoms with Crippen LogP contribution in [-0.4, -0.2) is 16.7 Å². The first-order chi connectivity index (χ1) is 11.1. The maximum Gasteiger partial charge on any atom is 0.250 e. The minimum atomic E-state index is -0.415. The van der Waals surface area contributed by atoms with Crippen molar-refractivity contribution >= 4 is 22.6 Å². The van der Waals surface area contributed by atoms with E-state index in [0.29, 0.717) is 23.8 Å². The van der Waals surface area contributed by atoms with Crippen molar-refractivity contribution in [1.82, 2.24) is 4.98 Å². The van der Waals surface area contributed by atoms with Crippen molar-refractivity contribution in [2.45, 2.75) is 38.0 Å². The molecule has 3 N–H and O–H groups in total. The summed E-state index contributed by atoms with van der Waals surface area (Å²) in [5.41, 5.74) is 8.06. The summed E-state index contributed by atoms with van der Waals surface area (Å²) >= 11 is 0. The van der Waals surface area contributed by atoms with Crippen molar-refractivity contribution in [1.29, 1.82) is 0 Å². The number of fused-ring (bicyclic) bond motifs is 1. The zero-order valence-electron chi connectivity index (χ0n) is 13.2. The van der Waals surface area contributed by atoms with Crippen LogP contribution in [0.15, 0.2) is 37.1 Å². The van der Waals surface area contributed by atoms with Crippen molar-refractivity contribution in [2.75, 3.05) is 0 Å². The molecule has 1 aromatic carbocycles. The van der Waals surface area contributed by atoms with Gasteiger partial charge >= 0.3 is 0 Å². The smallest absolute Gasteiger partial charge is 0.250 e. The number of H-pyrrole nitrogens is 1. The number of ketones is 1. The summed E-state index contributed by atoms with van der Waals surface area (Å²) < 4.78 is 0. The van der Waals surface area contributed by atoms with E-state index in [-0.39, 0.29) is 5.78 Å². The van der Waals surface area contributed by atoms with Crippen LogP contribution in [0.2, 0.25) is 0 Å². The molecule has 1 heterocycles. The minimum Gasteiger partial charge on any atom is -0.366 e. The van der Waals surface area contributed by atoms with Crippen LogP contribution in [0.1, 0.15) is 53.9 Å². The highest BCUT2D eigenvalue weighted by Crippen LogP contribution is 2.40. The number of hydrogen-bond acceptors (Lipinski definition) is 2. The van der Waals surface area contributed by atoms with Gasteiger partial charge in [-0.2, -0.15) is 0 Å². The third-order valence-electron chi connectivity index (χ3n) is 4.96. The second-order valence-electron chi connectivity index (χ2n) is 6.44. The Morgan fingerprint density at radius 1 is 1.30 bits per heavy atom.